The van der Waals surface area contributed by atoms with Gasteiger partial charge in [0.05, 0.1) is 6.54 Å². The zero-order chi connectivity index (χ0) is 15.1. The van der Waals surface area contributed by atoms with Gasteiger partial charge in [-0.05, 0) is 31.4 Å². The Hall–Kier alpha value is -1.06. The summed E-state index contributed by atoms with van der Waals surface area (Å²) in [4.78, 5) is 12.0. The Labute approximate surface area is 132 Å². The number of halogens is 1. The first-order valence-corrected chi connectivity index (χ1v) is 8.32. The van der Waals surface area contributed by atoms with Crippen LogP contribution in [0.4, 0.5) is 0 Å². The third-order valence-electron chi connectivity index (χ3n) is 4.16. The van der Waals surface area contributed by atoms with Gasteiger partial charge in [-0.25, -0.2) is 0 Å². The number of nitrogens with one attached hydrogen (secondary N) is 2. The van der Waals surface area contributed by atoms with Crippen molar-refractivity contribution in [2.45, 2.75) is 57.5 Å². The summed E-state index contributed by atoms with van der Waals surface area (Å²) in [5, 5.41) is 7.13. The zero-order valence-electron chi connectivity index (χ0n) is 12.7. The van der Waals surface area contributed by atoms with Crippen LogP contribution in [-0.4, -0.2) is 18.5 Å². The van der Waals surface area contributed by atoms with Gasteiger partial charge in [0.2, 0.25) is 5.91 Å². The molecule has 1 amide bonds. The molecule has 1 unspecified atom stereocenters. The molecule has 2 rings (SSSR count). The minimum Gasteiger partial charge on any atom is -0.352 e. The summed E-state index contributed by atoms with van der Waals surface area (Å²) in [5.74, 6) is 0.0841. The van der Waals surface area contributed by atoms with E-state index in [1.807, 2.05) is 31.2 Å². The molecule has 0 saturated heterocycles. The third-order valence-corrected chi connectivity index (χ3v) is 4.51. The summed E-state index contributed by atoms with van der Waals surface area (Å²) in [6, 6.07) is 8.17. The molecule has 0 aliphatic heterocycles. The van der Waals surface area contributed by atoms with Crippen LogP contribution < -0.4 is 10.6 Å². The quantitative estimate of drug-likeness (QED) is 0.812. The van der Waals surface area contributed by atoms with Crippen LogP contribution in [-0.2, 0) is 4.79 Å². The Kier molecular flexibility index (Phi) is 6.52. The topological polar surface area (TPSA) is 41.1 Å². The van der Waals surface area contributed by atoms with E-state index in [9.17, 15) is 4.79 Å². The first-order valence-electron chi connectivity index (χ1n) is 7.94. The highest BCUT2D eigenvalue weighted by Gasteiger charge is 2.15. The molecule has 0 radical (unpaired) electrons. The molecule has 1 aromatic carbocycles. The Morgan fingerprint density at radius 1 is 1.24 bits per heavy atom. The van der Waals surface area contributed by atoms with E-state index in [1.165, 1.54) is 25.7 Å². The predicted molar refractivity (Wildman–Crippen MR) is 87.5 cm³/mol. The molecular weight excluding hydrogens is 284 g/mol. The van der Waals surface area contributed by atoms with E-state index < -0.39 is 0 Å². The molecule has 4 heteroatoms. The van der Waals surface area contributed by atoms with E-state index >= 15 is 0 Å². The number of hydrogen-bond acceptors (Lipinski definition) is 2. The van der Waals surface area contributed by atoms with Crippen LogP contribution in [0.15, 0.2) is 24.3 Å². The van der Waals surface area contributed by atoms with Crippen LogP contribution >= 0.6 is 11.6 Å². The molecule has 116 valence electrons. The fourth-order valence-corrected chi connectivity index (χ4v) is 3.18. The second kappa shape index (κ2) is 8.40. The van der Waals surface area contributed by atoms with Crippen molar-refractivity contribution in [2.24, 2.45) is 0 Å². The minimum absolute atomic E-state index is 0.0681. The summed E-state index contributed by atoms with van der Waals surface area (Å²) in [7, 11) is 0. The molecule has 1 atom stereocenters. The molecular formula is C17H25ClN2O. The summed E-state index contributed by atoms with van der Waals surface area (Å²) < 4.78 is 0. The van der Waals surface area contributed by atoms with Crippen molar-refractivity contribution in [1.82, 2.24) is 10.6 Å². The van der Waals surface area contributed by atoms with Gasteiger partial charge in [-0.3, -0.25) is 4.79 Å². The van der Waals surface area contributed by atoms with Gasteiger partial charge in [0.15, 0.2) is 0 Å². The third kappa shape index (κ3) is 5.33. The standard InChI is InChI=1S/C17H25ClN2O/c1-13(15-10-6-7-11-16(15)18)19-12-17(21)20-14-8-4-2-3-5-9-14/h6-7,10-11,13-14,19H,2-5,8-9,12H2,1H3,(H,20,21). The van der Waals surface area contributed by atoms with Gasteiger partial charge in [0, 0.05) is 17.1 Å². The van der Waals surface area contributed by atoms with Crippen molar-refractivity contribution in [3.8, 4) is 0 Å². The Morgan fingerprint density at radius 3 is 2.57 bits per heavy atom. The first kappa shape index (κ1) is 16.3. The highest BCUT2D eigenvalue weighted by atomic mass is 35.5. The molecule has 0 aromatic heterocycles. The first-order chi connectivity index (χ1) is 10.2. The molecule has 21 heavy (non-hydrogen) atoms. The molecule has 0 spiro atoms. The maximum atomic E-state index is 12.0. The van der Waals surface area contributed by atoms with E-state index in [4.69, 9.17) is 11.6 Å². The van der Waals surface area contributed by atoms with Gasteiger partial charge in [-0.15, -0.1) is 0 Å². The number of hydrogen-bond donors (Lipinski definition) is 2. The molecule has 0 bridgehead atoms. The van der Waals surface area contributed by atoms with Crippen molar-refractivity contribution in [3.63, 3.8) is 0 Å². The van der Waals surface area contributed by atoms with Gasteiger partial charge in [-0.1, -0.05) is 55.5 Å². The SMILES string of the molecule is CC(NCC(=O)NC1CCCCCC1)c1ccccc1Cl. The van der Waals surface area contributed by atoms with Gasteiger partial charge in [0.25, 0.3) is 0 Å². The number of carbonyl (C=O) groups excluding carboxylic acids is 1. The summed E-state index contributed by atoms with van der Waals surface area (Å²) in [6.45, 7) is 2.36. The van der Waals surface area contributed by atoms with Gasteiger partial charge in [0.1, 0.15) is 0 Å². The lowest BCUT2D eigenvalue weighted by Gasteiger charge is -2.19. The smallest absolute Gasteiger partial charge is 0.234 e. The molecule has 1 aliphatic carbocycles. The van der Waals surface area contributed by atoms with Crippen LogP contribution in [0.5, 0.6) is 0 Å². The van der Waals surface area contributed by atoms with E-state index in [0.717, 1.165) is 23.4 Å². The van der Waals surface area contributed by atoms with Crippen molar-refractivity contribution < 1.29 is 4.79 Å². The maximum absolute atomic E-state index is 12.0. The minimum atomic E-state index is 0.0681. The zero-order valence-corrected chi connectivity index (χ0v) is 13.5. The normalized spacial score (nSPS) is 18.0. The lowest BCUT2D eigenvalue weighted by Crippen LogP contribution is -2.40. The average molecular weight is 309 g/mol. The van der Waals surface area contributed by atoms with Crippen molar-refractivity contribution in [3.05, 3.63) is 34.9 Å². The lowest BCUT2D eigenvalue weighted by molar-refractivity contribution is -0.121. The maximum Gasteiger partial charge on any atom is 0.234 e. The van der Waals surface area contributed by atoms with Crippen LogP contribution in [0, 0.1) is 0 Å². The monoisotopic (exact) mass is 308 g/mol. The highest BCUT2D eigenvalue weighted by Crippen LogP contribution is 2.22. The molecule has 1 aromatic rings. The second-order valence-electron chi connectivity index (χ2n) is 5.88. The fraction of sp³-hybridized carbons (Fsp3) is 0.588. The van der Waals surface area contributed by atoms with Crippen LogP contribution in [0.25, 0.3) is 0 Å². The number of amides is 1. The number of rotatable bonds is 5. The number of benzene rings is 1. The highest BCUT2D eigenvalue weighted by molar-refractivity contribution is 6.31. The lowest BCUT2D eigenvalue weighted by atomic mass is 10.1. The van der Waals surface area contributed by atoms with Crippen molar-refractivity contribution >= 4 is 17.5 Å². The van der Waals surface area contributed by atoms with Crippen LogP contribution in [0.3, 0.4) is 0 Å². The average Bonchev–Trinajstić information content (AvgIpc) is 2.74. The largest absolute Gasteiger partial charge is 0.352 e. The molecule has 1 fully saturated rings. The Balaban J connectivity index is 1.76. The van der Waals surface area contributed by atoms with Gasteiger partial charge in [-0.2, -0.15) is 0 Å². The Bertz CT molecular complexity index is 456. The van der Waals surface area contributed by atoms with Gasteiger partial charge >= 0.3 is 0 Å². The van der Waals surface area contributed by atoms with Gasteiger partial charge < -0.3 is 10.6 Å². The van der Waals surface area contributed by atoms with E-state index in [1.54, 1.807) is 0 Å². The van der Waals surface area contributed by atoms with Crippen molar-refractivity contribution in [1.29, 1.82) is 0 Å². The number of carbonyl (C=O) groups is 1. The van der Waals surface area contributed by atoms with Crippen LogP contribution in [0.1, 0.15) is 57.1 Å². The van der Waals surface area contributed by atoms with E-state index in [0.29, 0.717) is 12.6 Å². The molecule has 3 nitrogen and oxygen atoms in total. The van der Waals surface area contributed by atoms with Crippen molar-refractivity contribution in [2.75, 3.05) is 6.54 Å². The van der Waals surface area contributed by atoms with E-state index in [2.05, 4.69) is 10.6 Å². The molecule has 1 aliphatic rings. The molecule has 1 saturated carbocycles. The van der Waals surface area contributed by atoms with E-state index in [-0.39, 0.29) is 11.9 Å². The van der Waals surface area contributed by atoms with Crippen LogP contribution in [0.2, 0.25) is 5.02 Å². The summed E-state index contributed by atoms with van der Waals surface area (Å²) in [5.41, 5.74) is 1.03. The summed E-state index contributed by atoms with van der Waals surface area (Å²) in [6.07, 6.45) is 7.29. The summed E-state index contributed by atoms with van der Waals surface area (Å²) >= 11 is 6.17. The second-order valence-corrected chi connectivity index (χ2v) is 6.29. The molecule has 2 N–H and O–H groups in total. The molecule has 0 heterocycles. The Morgan fingerprint density at radius 2 is 1.90 bits per heavy atom. The fourth-order valence-electron chi connectivity index (χ4n) is 2.88. The predicted octanol–water partition coefficient (Wildman–Crippen LogP) is 3.83.